The van der Waals surface area contributed by atoms with Crippen molar-refractivity contribution in [2.24, 2.45) is 0 Å². The molecule has 0 amide bonds. The van der Waals surface area contributed by atoms with Crippen LogP contribution in [-0.2, 0) is 6.42 Å². The smallest absolute Gasteiger partial charge is 0.136 e. The van der Waals surface area contributed by atoms with E-state index in [2.05, 4.69) is 56.5 Å². The van der Waals surface area contributed by atoms with E-state index in [4.69, 9.17) is 0 Å². The van der Waals surface area contributed by atoms with Crippen LogP contribution >= 0.6 is 0 Å². The Morgan fingerprint density at radius 2 is 1.96 bits per heavy atom. The summed E-state index contributed by atoms with van der Waals surface area (Å²) >= 11 is 0. The molecule has 1 aliphatic rings. The summed E-state index contributed by atoms with van der Waals surface area (Å²) in [4.78, 5) is 11.5. The normalized spacial score (nSPS) is 16.3. The van der Waals surface area contributed by atoms with Crippen LogP contribution in [0.5, 0.6) is 0 Å². The third-order valence-corrected chi connectivity index (χ3v) is 4.58. The number of piperidine rings is 1. The molecule has 0 bridgehead atoms. The maximum atomic E-state index is 4.62. The van der Waals surface area contributed by atoms with Crippen molar-refractivity contribution in [1.82, 2.24) is 24.7 Å². The van der Waals surface area contributed by atoms with Gasteiger partial charge in [0.05, 0.1) is 0 Å². The van der Waals surface area contributed by atoms with Crippen molar-refractivity contribution >= 4 is 5.82 Å². The van der Waals surface area contributed by atoms with Crippen LogP contribution in [0.1, 0.15) is 62.9 Å². The Morgan fingerprint density at radius 1 is 1.22 bits per heavy atom. The molecule has 0 aromatic carbocycles. The van der Waals surface area contributed by atoms with Crippen molar-refractivity contribution < 1.29 is 0 Å². The summed E-state index contributed by atoms with van der Waals surface area (Å²) in [6, 6.07) is 2.54. The summed E-state index contributed by atoms with van der Waals surface area (Å²) in [6.45, 7) is 10.5. The zero-order valence-electron chi connectivity index (χ0n) is 14.5. The van der Waals surface area contributed by atoms with Gasteiger partial charge >= 0.3 is 0 Å². The van der Waals surface area contributed by atoms with Crippen molar-refractivity contribution in [3.05, 3.63) is 29.7 Å². The van der Waals surface area contributed by atoms with Gasteiger partial charge in [0.25, 0.3) is 0 Å². The molecule has 1 saturated heterocycles. The topological polar surface area (TPSA) is 59.7 Å². The quantitative estimate of drug-likeness (QED) is 0.868. The van der Waals surface area contributed by atoms with E-state index in [0.717, 1.165) is 55.5 Å². The number of anilines is 1. The molecule has 6 nitrogen and oxygen atoms in total. The maximum Gasteiger partial charge on any atom is 0.136 e. The SMILES string of the molecule is CCc1cc(N2CCC(c3nncn3C(C)C)CC2)nc(C)n1. The number of aryl methyl sites for hydroxylation is 2. The average molecular weight is 314 g/mol. The summed E-state index contributed by atoms with van der Waals surface area (Å²) in [5, 5.41) is 8.48. The lowest BCUT2D eigenvalue weighted by Crippen LogP contribution is -2.34. The maximum absolute atomic E-state index is 4.62. The Labute approximate surface area is 138 Å². The number of aromatic nitrogens is 5. The zero-order chi connectivity index (χ0) is 16.4. The second-order valence-electron chi connectivity index (χ2n) is 6.57. The minimum Gasteiger partial charge on any atom is -0.356 e. The van der Waals surface area contributed by atoms with Crippen LogP contribution in [0.4, 0.5) is 5.82 Å². The Bertz CT molecular complexity index is 655. The van der Waals surface area contributed by atoms with Gasteiger partial charge in [-0.25, -0.2) is 9.97 Å². The van der Waals surface area contributed by atoms with E-state index in [-0.39, 0.29) is 0 Å². The largest absolute Gasteiger partial charge is 0.356 e. The van der Waals surface area contributed by atoms with Gasteiger partial charge in [-0.3, -0.25) is 0 Å². The fourth-order valence-corrected chi connectivity index (χ4v) is 3.26. The molecular formula is C17H26N6. The predicted molar refractivity (Wildman–Crippen MR) is 90.7 cm³/mol. The van der Waals surface area contributed by atoms with E-state index in [1.165, 1.54) is 0 Å². The van der Waals surface area contributed by atoms with Gasteiger partial charge in [0.15, 0.2) is 0 Å². The molecular weight excluding hydrogens is 288 g/mol. The van der Waals surface area contributed by atoms with Gasteiger partial charge in [0.1, 0.15) is 23.8 Å². The first-order valence-electron chi connectivity index (χ1n) is 8.57. The van der Waals surface area contributed by atoms with Gasteiger partial charge < -0.3 is 9.47 Å². The van der Waals surface area contributed by atoms with E-state index < -0.39 is 0 Å². The van der Waals surface area contributed by atoms with Crippen molar-refractivity contribution in [3.63, 3.8) is 0 Å². The summed E-state index contributed by atoms with van der Waals surface area (Å²) < 4.78 is 2.20. The lowest BCUT2D eigenvalue weighted by atomic mass is 9.95. The molecule has 1 aliphatic heterocycles. The number of hydrogen-bond donors (Lipinski definition) is 0. The van der Waals surface area contributed by atoms with Gasteiger partial charge in [-0.15, -0.1) is 10.2 Å². The summed E-state index contributed by atoms with van der Waals surface area (Å²) in [7, 11) is 0. The summed E-state index contributed by atoms with van der Waals surface area (Å²) in [6.07, 6.45) is 4.99. The molecule has 0 aliphatic carbocycles. The molecule has 2 aromatic heterocycles. The lowest BCUT2D eigenvalue weighted by molar-refractivity contribution is 0.447. The van der Waals surface area contributed by atoms with Crippen LogP contribution in [0.3, 0.4) is 0 Å². The van der Waals surface area contributed by atoms with Crippen molar-refractivity contribution in [2.45, 2.75) is 58.9 Å². The third kappa shape index (κ3) is 3.35. The van der Waals surface area contributed by atoms with Gasteiger partial charge in [0, 0.05) is 36.8 Å². The third-order valence-electron chi connectivity index (χ3n) is 4.58. The second-order valence-corrected chi connectivity index (χ2v) is 6.57. The molecule has 0 atom stereocenters. The van der Waals surface area contributed by atoms with Gasteiger partial charge in [0.2, 0.25) is 0 Å². The average Bonchev–Trinajstić information content (AvgIpc) is 3.04. The van der Waals surface area contributed by atoms with Crippen LogP contribution in [0.15, 0.2) is 12.4 Å². The van der Waals surface area contributed by atoms with Crippen molar-refractivity contribution in [1.29, 1.82) is 0 Å². The predicted octanol–water partition coefficient (Wildman–Crippen LogP) is 2.90. The molecule has 3 heterocycles. The van der Waals surface area contributed by atoms with Crippen molar-refractivity contribution in [2.75, 3.05) is 18.0 Å². The number of nitrogens with zero attached hydrogens (tertiary/aromatic N) is 6. The molecule has 6 heteroatoms. The molecule has 23 heavy (non-hydrogen) atoms. The Balaban J connectivity index is 1.71. The van der Waals surface area contributed by atoms with Gasteiger partial charge in [-0.05, 0) is 40.0 Å². The van der Waals surface area contributed by atoms with Gasteiger partial charge in [-0.1, -0.05) is 6.92 Å². The van der Waals surface area contributed by atoms with Crippen LogP contribution in [0.2, 0.25) is 0 Å². The van der Waals surface area contributed by atoms with E-state index in [1.807, 2.05) is 13.3 Å². The van der Waals surface area contributed by atoms with Crippen molar-refractivity contribution in [3.8, 4) is 0 Å². The van der Waals surface area contributed by atoms with E-state index in [0.29, 0.717) is 12.0 Å². The molecule has 0 saturated carbocycles. The number of hydrogen-bond acceptors (Lipinski definition) is 5. The van der Waals surface area contributed by atoms with E-state index >= 15 is 0 Å². The highest BCUT2D eigenvalue weighted by Crippen LogP contribution is 2.30. The summed E-state index contributed by atoms with van der Waals surface area (Å²) in [5.74, 6) is 3.55. The van der Waals surface area contributed by atoms with Crippen LogP contribution in [0, 0.1) is 6.92 Å². The number of rotatable bonds is 4. The van der Waals surface area contributed by atoms with E-state index in [1.54, 1.807) is 0 Å². The first-order valence-corrected chi connectivity index (χ1v) is 8.57. The monoisotopic (exact) mass is 314 g/mol. The Hall–Kier alpha value is -1.98. The minimum absolute atomic E-state index is 0.412. The highest BCUT2D eigenvalue weighted by Gasteiger charge is 2.26. The molecule has 1 fully saturated rings. The highest BCUT2D eigenvalue weighted by molar-refractivity contribution is 5.40. The Morgan fingerprint density at radius 3 is 2.61 bits per heavy atom. The molecule has 2 aromatic rings. The first-order chi connectivity index (χ1) is 11.1. The molecule has 3 rings (SSSR count). The molecule has 0 radical (unpaired) electrons. The standard InChI is InChI=1S/C17H26N6/c1-5-15-10-16(20-13(4)19-15)22-8-6-14(7-9-22)17-21-18-11-23(17)12(2)3/h10-12,14H,5-9H2,1-4H3. The first kappa shape index (κ1) is 15.9. The zero-order valence-corrected chi connectivity index (χ0v) is 14.5. The molecule has 0 N–H and O–H groups in total. The Kier molecular flexibility index (Phi) is 4.59. The van der Waals surface area contributed by atoms with Crippen LogP contribution < -0.4 is 4.90 Å². The fraction of sp³-hybridized carbons (Fsp3) is 0.647. The van der Waals surface area contributed by atoms with Crippen LogP contribution in [0.25, 0.3) is 0 Å². The van der Waals surface area contributed by atoms with Gasteiger partial charge in [-0.2, -0.15) is 0 Å². The molecule has 124 valence electrons. The fourth-order valence-electron chi connectivity index (χ4n) is 3.26. The minimum atomic E-state index is 0.412. The lowest BCUT2D eigenvalue weighted by Gasteiger charge is -2.33. The molecule has 0 spiro atoms. The molecule has 0 unspecified atom stereocenters. The van der Waals surface area contributed by atoms with Crippen LogP contribution in [-0.4, -0.2) is 37.8 Å². The second kappa shape index (κ2) is 6.64. The highest BCUT2D eigenvalue weighted by atomic mass is 15.3. The summed E-state index contributed by atoms with van der Waals surface area (Å²) in [5.41, 5.74) is 1.12. The van der Waals surface area contributed by atoms with E-state index in [9.17, 15) is 0 Å².